The molecule has 1 fully saturated rings. The summed E-state index contributed by atoms with van der Waals surface area (Å²) in [5.41, 5.74) is 3.22. The second kappa shape index (κ2) is 9.70. The fourth-order valence-corrected chi connectivity index (χ4v) is 6.12. The molecule has 0 aromatic heterocycles. The first kappa shape index (κ1) is 22.9. The van der Waals surface area contributed by atoms with E-state index in [1.807, 2.05) is 30.0 Å². The molecule has 4 nitrogen and oxygen atoms in total. The normalized spacial score (nSPS) is 26.4. The topological polar surface area (TPSA) is 49.4 Å². The number of para-hydroxylation sites is 1. The molecule has 2 aliphatic rings. The van der Waals surface area contributed by atoms with Crippen LogP contribution in [0.15, 0.2) is 53.4 Å². The van der Waals surface area contributed by atoms with Gasteiger partial charge in [0.1, 0.15) is 5.25 Å². The first-order chi connectivity index (χ1) is 15.3. The van der Waals surface area contributed by atoms with Crippen LogP contribution in [0, 0.1) is 24.7 Å². The molecule has 0 saturated heterocycles. The standard InChI is InChI=1S/C27H34N2O2S/c1-17-12-14-21(15-13-17)16-29-23-10-5-6-11-24(23)32-25(27(29)31)20(4)26(30)28-22-9-7-8-18(2)19(22)3/h5-6,10-15,18-20,22,25H,7-9,16H2,1-4H3,(H,28,30)/t18-,19+,20-,22+,25-/m0/s1. The number of nitrogens with one attached hydrogen (secondary N) is 1. The number of thioether (sulfide) groups is 1. The van der Waals surface area contributed by atoms with Gasteiger partial charge in [0, 0.05) is 10.9 Å². The molecule has 2 aromatic rings. The first-order valence-electron chi connectivity index (χ1n) is 11.8. The molecular weight excluding hydrogens is 416 g/mol. The van der Waals surface area contributed by atoms with E-state index in [-0.39, 0.29) is 17.9 Å². The van der Waals surface area contributed by atoms with Crippen molar-refractivity contribution in [3.05, 3.63) is 59.7 Å². The summed E-state index contributed by atoms with van der Waals surface area (Å²) < 4.78 is 0. The minimum Gasteiger partial charge on any atom is -0.353 e. The van der Waals surface area contributed by atoms with Gasteiger partial charge in [0.25, 0.3) is 0 Å². The Balaban J connectivity index is 1.54. The molecule has 1 N–H and O–H groups in total. The average Bonchev–Trinajstić information content (AvgIpc) is 2.79. The van der Waals surface area contributed by atoms with E-state index in [0.29, 0.717) is 18.4 Å². The summed E-state index contributed by atoms with van der Waals surface area (Å²) in [6.45, 7) is 8.98. The summed E-state index contributed by atoms with van der Waals surface area (Å²) in [5.74, 6) is 0.699. The van der Waals surface area contributed by atoms with Crippen molar-refractivity contribution in [2.75, 3.05) is 4.90 Å². The molecule has 0 radical (unpaired) electrons. The van der Waals surface area contributed by atoms with Gasteiger partial charge in [-0.15, -0.1) is 11.8 Å². The molecule has 1 aliphatic carbocycles. The summed E-state index contributed by atoms with van der Waals surface area (Å²) in [6, 6.07) is 16.5. The van der Waals surface area contributed by atoms with Crippen LogP contribution >= 0.6 is 11.8 Å². The van der Waals surface area contributed by atoms with Gasteiger partial charge in [0.05, 0.1) is 18.2 Å². The summed E-state index contributed by atoms with van der Waals surface area (Å²) >= 11 is 1.53. The zero-order chi connectivity index (χ0) is 22.8. The molecule has 2 aromatic carbocycles. The highest BCUT2D eigenvalue weighted by Gasteiger charge is 2.40. The Labute approximate surface area is 196 Å². The number of benzene rings is 2. The lowest BCUT2D eigenvalue weighted by Gasteiger charge is -2.38. The molecule has 0 unspecified atom stereocenters. The Morgan fingerprint density at radius 1 is 1.12 bits per heavy atom. The number of anilines is 1. The molecule has 1 saturated carbocycles. The van der Waals surface area contributed by atoms with Crippen LogP contribution in [0.25, 0.3) is 0 Å². The van der Waals surface area contributed by atoms with Crippen LogP contribution in [0.3, 0.4) is 0 Å². The van der Waals surface area contributed by atoms with Gasteiger partial charge in [-0.1, -0.05) is 75.6 Å². The first-order valence-corrected chi connectivity index (χ1v) is 12.7. The van der Waals surface area contributed by atoms with Crippen molar-refractivity contribution in [3.8, 4) is 0 Å². The highest BCUT2D eigenvalue weighted by Crippen LogP contribution is 2.42. The van der Waals surface area contributed by atoms with Crippen LogP contribution in [-0.4, -0.2) is 23.1 Å². The zero-order valence-electron chi connectivity index (χ0n) is 19.5. The minimum atomic E-state index is -0.424. The third-order valence-electron chi connectivity index (χ3n) is 7.28. The number of fused-ring (bicyclic) bond motifs is 1. The van der Waals surface area contributed by atoms with E-state index in [9.17, 15) is 9.59 Å². The van der Waals surface area contributed by atoms with Crippen LogP contribution in [-0.2, 0) is 16.1 Å². The van der Waals surface area contributed by atoms with E-state index in [2.05, 4.69) is 56.4 Å². The Hall–Kier alpha value is -2.27. The van der Waals surface area contributed by atoms with Crippen LogP contribution in [0.1, 0.15) is 51.2 Å². The maximum Gasteiger partial charge on any atom is 0.241 e. The SMILES string of the molecule is Cc1ccc(CN2C(=O)[C@H]([C@H](C)C(=O)N[C@@H]3CCC[C@H](C)[C@H]3C)Sc3ccccc32)cc1. The molecule has 4 rings (SSSR count). The Bertz CT molecular complexity index is 974. The zero-order valence-corrected chi connectivity index (χ0v) is 20.3. The fraction of sp³-hybridized carbons (Fsp3) is 0.481. The van der Waals surface area contributed by atoms with Crippen molar-refractivity contribution >= 4 is 29.3 Å². The number of nitrogens with zero attached hydrogens (tertiary/aromatic N) is 1. The maximum atomic E-state index is 13.6. The van der Waals surface area contributed by atoms with Crippen molar-refractivity contribution in [2.45, 2.75) is 69.7 Å². The Morgan fingerprint density at radius 2 is 1.84 bits per heavy atom. The van der Waals surface area contributed by atoms with Gasteiger partial charge in [-0.2, -0.15) is 0 Å². The van der Waals surface area contributed by atoms with Crippen molar-refractivity contribution in [1.82, 2.24) is 5.32 Å². The number of rotatable bonds is 5. The van der Waals surface area contributed by atoms with Gasteiger partial charge in [-0.25, -0.2) is 0 Å². The van der Waals surface area contributed by atoms with Crippen LogP contribution in [0.4, 0.5) is 5.69 Å². The quantitative estimate of drug-likeness (QED) is 0.647. The second-order valence-corrected chi connectivity index (χ2v) is 10.8. The monoisotopic (exact) mass is 450 g/mol. The van der Waals surface area contributed by atoms with Crippen molar-refractivity contribution in [1.29, 1.82) is 0 Å². The summed E-state index contributed by atoms with van der Waals surface area (Å²) in [7, 11) is 0. The van der Waals surface area contributed by atoms with Gasteiger partial charge in [-0.3, -0.25) is 9.59 Å². The van der Waals surface area contributed by atoms with Crippen LogP contribution in [0.2, 0.25) is 0 Å². The highest BCUT2D eigenvalue weighted by atomic mass is 32.2. The van der Waals surface area contributed by atoms with E-state index >= 15 is 0 Å². The fourth-order valence-electron chi connectivity index (χ4n) is 4.83. The molecule has 5 heteroatoms. The Kier molecular flexibility index (Phi) is 6.94. The van der Waals surface area contributed by atoms with Crippen molar-refractivity contribution in [3.63, 3.8) is 0 Å². The molecule has 5 atom stereocenters. The lowest BCUT2D eigenvalue weighted by Crippen LogP contribution is -2.50. The van der Waals surface area contributed by atoms with E-state index in [1.165, 1.54) is 23.7 Å². The van der Waals surface area contributed by atoms with Gasteiger partial charge < -0.3 is 10.2 Å². The van der Waals surface area contributed by atoms with Gasteiger partial charge in [-0.05, 0) is 42.9 Å². The second-order valence-electron chi connectivity index (χ2n) is 9.59. The Morgan fingerprint density at radius 3 is 2.59 bits per heavy atom. The molecule has 1 heterocycles. The predicted molar refractivity (Wildman–Crippen MR) is 132 cm³/mol. The lowest BCUT2D eigenvalue weighted by molar-refractivity contribution is -0.129. The third kappa shape index (κ3) is 4.73. The highest BCUT2D eigenvalue weighted by molar-refractivity contribution is 8.01. The smallest absolute Gasteiger partial charge is 0.241 e. The van der Waals surface area contributed by atoms with Crippen LogP contribution in [0.5, 0.6) is 0 Å². The molecule has 1 aliphatic heterocycles. The van der Waals surface area contributed by atoms with Gasteiger partial charge in [0.2, 0.25) is 11.8 Å². The van der Waals surface area contributed by atoms with E-state index in [4.69, 9.17) is 0 Å². The number of hydrogen-bond donors (Lipinski definition) is 1. The number of amides is 2. The maximum absolute atomic E-state index is 13.6. The number of hydrogen-bond acceptors (Lipinski definition) is 3. The third-order valence-corrected chi connectivity index (χ3v) is 8.75. The summed E-state index contributed by atoms with van der Waals surface area (Å²) in [6.07, 6.45) is 3.41. The molecule has 2 amide bonds. The van der Waals surface area contributed by atoms with Crippen LogP contribution < -0.4 is 10.2 Å². The van der Waals surface area contributed by atoms with Gasteiger partial charge in [0.15, 0.2) is 0 Å². The largest absolute Gasteiger partial charge is 0.353 e. The number of carbonyl (C=O) groups is 2. The number of aryl methyl sites for hydroxylation is 1. The molecule has 32 heavy (non-hydrogen) atoms. The molecule has 170 valence electrons. The summed E-state index contributed by atoms with van der Waals surface area (Å²) in [5, 5.41) is 2.86. The molecule has 0 spiro atoms. The van der Waals surface area contributed by atoms with Crippen molar-refractivity contribution < 1.29 is 9.59 Å². The summed E-state index contributed by atoms with van der Waals surface area (Å²) in [4.78, 5) is 29.8. The average molecular weight is 451 g/mol. The van der Waals surface area contributed by atoms with E-state index < -0.39 is 11.2 Å². The predicted octanol–water partition coefficient (Wildman–Crippen LogP) is 5.58. The van der Waals surface area contributed by atoms with Gasteiger partial charge >= 0.3 is 0 Å². The van der Waals surface area contributed by atoms with E-state index in [0.717, 1.165) is 29.0 Å². The number of carbonyl (C=O) groups excluding carboxylic acids is 2. The van der Waals surface area contributed by atoms with Crippen molar-refractivity contribution in [2.24, 2.45) is 17.8 Å². The van der Waals surface area contributed by atoms with E-state index in [1.54, 1.807) is 0 Å². The molecular formula is C27H34N2O2S. The molecule has 0 bridgehead atoms. The minimum absolute atomic E-state index is 0.00327. The lowest BCUT2D eigenvalue weighted by atomic mass is 9.78.